The average molecular weight is 313 g/mol. The SMILES string of the molecule is CCOC(=O)C12CCCOC1CCN(C(=O)OC(C)(C)C)C2. The summed E-state index contributed by atoms with van der Waals surface area (Å²) in [5, 5.41) is 0. The van der Waals surface area contributed by atoms with Gasteiger partial charge in [0.05, 0.1) is 12.7 Å². The molecule has 0 aliphatic carbocycles. The Morgan fingerprint density at radius 1 is 1.36 bits per heavy atom. The monoisotopic (exact) mass is 313 g/mol. The molecule has 1 amide bonds. The van der Waals surface area contributed by atoms with E-state index in [4.69, 9.17) is 14.2 Å². The summed E-state index contributed by atoms with van der Waals surface area (Å²) in [6.45, 7) is 9.15. The van der Waals surface area contributed by atoms with Crippen molar-refractivity contribution in [1.82, 2.24) is 4.90 Å². The van der Waals surface area contributed by atoms with Crippen LogP contribution in [0.1, 0.15) is 47.0 Å². The van der Waals surface area contributed by atoms with Crippen LogP contribution < -0.4 is 0 Å². The van der Waals surface area contributed by atoms with Crippen molar-refractivity contribution in [2.24, 2.45) is 5.41 Å². The van der Waals surface area contributed by atoms with Gasteiger partial charge in [0.15, 0.2) is 0 Å². The fourth-order valence-electron chi connectivity index (χ4n) is 3.22. The van der Waals surface area contributed by atoms with Crippen molar-refractivity contribution < 1.29 is 23.8 Å². The second-order valence-corrected chi connectivity index (χ2v) is 7.03. The Balaban J connectivity index is 2.15. The Labute approximate surface area is 132 Å². The van der Waals surface area contributed by atoms with Crippen LogP contribution in [0.15, 0.2) is 0 Å². The number of esters is 1. The van der Waals surface area contributed by atoms with Gasteiger partial charge in [-0.1, -0.05) is 0 Å². The molecule has 0 aromatic heterocycles. The molecule has 0 bridgehead atoms. The molecule has 6 heteroatoms. The molecule has 0 saturated carbocycles. The number of likely N-dealkylation sites (tertiary alicyclic amines) is 1. The van der Waals surface area contributed by atoms with E-state index in [1.807, 2.05) is 20.8 Å². The predicted molar refractivity (Wildman–Crippen MR) is 80.5 cm³/mol. The Hall–Kier alpha value is -1.30. The number of rotatable bonds is 2. The number of nitrogens with zero attached hydrogens (tertiary/aromatic N) is 1. The number of carbonyl (C=O) groups excluding carboxylic acids is 2. The predicted octanol–water partition coefficient (Wildman–Crippen LogP) is 2.36. The van der Waals surface area contributed by atoms with Crippen molar-refractivity contribution in [2.75, 3.05) is 26.3 Å². The maximum atomic E-state index is 12.5. The van der Waals surface area contributed by atoms with Crippen LogP contribution in [0.4, 0.5) is 4.79 Å². The highest BCUT2D eigenvalue weighted by Gasteiger charge is 2.53. The van der Waals surface area contributed by atoms with Crippen molar-refractivity contribution in [3.05, 3.63) is 0 Å². The second-order valence-electron chi connectivity index (χ2n) is 7.03. The number of ether oxygens (including phenoxy) is 3. The third-order valence-electron chi connectivity index (χ3n) is 4.17. The van der Waals surface area contributed by atoms with Gasteiger partial charge in [-0.15, -0.1) is 0 Å². The lowest BCUT2D eigenvalue weighted by Gasteiger charge is -2.48. The van der Waals surface area contributed by atoms with Gasteiger partial charge in [0, 0.05) is 19.7 Å². The lowest BCUT2D eigenvalue weighted by molar-refractivity contribution is -0.183. The van der Waals surface area contributed by atoms with Crippen LogP contribution in [-0.2, 0) is 19.0 Å². The summed E-state index contributed by atoms with van der Waals surface area (Å²) < 4.78 is 16.5. The molecule has 2 fully saturated rings. The van der Waals surface area contributed by atoms with Crippen molar-refractivity contribution in [3.8, 4) is 0 Å². The molecule has 2 rings (SSSR count). The van der Waals surface area contributed by atoms with Gasteiger partial charge in [0.25, 0.3) is 0 Å². The smallest absolute Gasteiger partial charge is 0.410 e. The van der Waals surface area contributed by atoms with Crippen LogP contribution in [0.5, 0.6) is 0 Å². The highest BCUT2D eigenvalue weighted by Crippen LogP contribution is 2.41. The van der Waals surface area contributed by atoms with E-state index >= 15 is 0 Å². The topological polar surface area (TPSA) is 65.1 Å². The van der Waals surface area contributed by atoms with Gasteiger partial charge in [-0.2, -0.15) is 0 Å². The fraction of sp³-hybridized carbons (Fsp3) is 0.875. The van der Waals surface area contributed by atoms with Gasteiger partial charge in [-0.05, 0) is 47.0 Å². The van der Waals surface area contributed by atoms with Crippen LogP contribution in [0.2, 0.25) is 0 Å². The van der Waals surface area contributed by atoms with Gasteiger partial charge >= 0.3 is 12.1 Å². The first-order chi connectivity index (χ1) is 10.3. The summed E-state index contributed by atoms with van der Waals surface area (Å²) >= 11 is 0. The molecule has 2 aliphatic rings. The zero-order valence-electron chi connectivity index (χ0n) is 14.0. The number of fused-ring (bicyclic) bond motifs is 1. The fourth-order valence-corrected chi connectivity index (χ4v) is 3.22. The first kappa shape index (κ1) is 17.1. The minimum Gasteiger partial charge on any atom is -0.465 e. The Kier molecular flexibility index (Phi) is 5.00. The van der Waals surface area contributed by atoms with E-state index in [2.05, 4.69) is 0 Å². The van der Waals surface area contributed by atoms with Gasteiger partial charge in [-0.3, -0.25) is 4.79 Å². The molecule has 126 valence electrons. The quantitative estimate of drug-likeness (QED) is 0.732. The molecular weight excluding hydrogens is 286 g/mol. The van der Waals surface area contributed by atoms with E-state index < -0.39 is 11.0 Å². The standard InChI is InChI=1S/C16H27NO5/c1-5-20-13(18)16-8-6-10-21-12(16)7-9-17(11-16)14(19)22-15(2,3)4/h12H,5-11H2,1-4H3. The summed E-state index contributed by atoms with van der Waals surface area (Å²) in [6.07, 6.45) is 1.59. The molecule has 2 unspecified atom stereocenters. The molecule has 0 N–H and O–H groups in total. The normalized spacial score (nSPS) is 28.7. The zero-order valence-corrected chi connectivity index (χ0v) is 14.0. The Morgan fingerprint density at radius 2 is 2.09 bits per heavy atom. The summed E-state index contributed by atoms with van der Waals surface area (Å²) in [7, 11) is 0. The maximum absolute atomic E-state index is 12.5. The minimum absolute atomic E-state index is 0.168. The van der Waals surface area contributed by atoms with Crippen LogP contribution in [-0.4, -0.2) is 55.0 Å². The first-order valence-electron chi connectivity index (χ1n) is 8.05. The van der Waals surface area contributed by atoms with E-state index in [-0.39, 0.29) is 18.2 Å². The summed E-state index contributed by atoms with van der Waals surface area (Å²) in [5.74, 6) is -0.257. The van der Waals surface area contributed by atoms with Crippen molar-refractivity contribution in [1.29, 1.82) is 0 Å². The van der Waals surface area contributed by atoms with Crippen LogP contribution >= 0.6 is 0 Å². The van der Waals surface area contributed by atoms with E-state index in [1.165, 1.54) is 0 Å². The number of hydrogen-bond acceptors (Lipinski definition) is 5. The number of hydrogen-bond donors (Lipinski definition) is 0. The Morgan fingerprint density at radius 3 is 2.73 bits per heavy atom. The van der Waals surface area contributed by atoms with Crippen LogP contribution in [0.3, 0.4) is 0 Å². The van der Waals surface area contributed by atoms with Crippen molar-refractivity contribution in [2.45, 2.75) is 58.7 Å². The molecule has 22 heavy (non-hydrogen) atoms. The van der Waals surface area contributed by atoms with Gasteiger partial charge < -0.3 is 19.1 Å². The molecule has 2 saturated heterocycles. The largest absolute Gasteiger partial charge is 0.465 e. The molecule has 0 aromatic carbocycles. The molecule has 2 atom stereocenters. The van der Waals surface area contributed by atoms with Crippen LogP contribution in [0.25, 0.3) is 0 Å². The van der Waals surface area contributed by atoms with Gasteiger partial charge in [-0.25, -0.2) is 4.79 Å². The summed E-state index contributed by atoms with van der Waals surface area (Å²) in [6, 6.07) is 0. The number of carbonyl (C=O) groups is 2. The van der Waals surface area contributed by atoms with Gasteiger partial charge in [0.1, 0.15) is 11.0 Å². The molecular formula is C16H27NO5. The molecule has 0 aromatic rings. The second kappa shape index (κ2) is 6.44. The highest BCUT2D eigenvalue weighted by molar-refractivity contribution is 5.80. The third kappa shape index (κ3) is 3.54. The molecule has 0 radical (unpaired) electrons. The van der Waals surface area contributed by atoms with Crippen molar-refractivity contribution in [3.63, 3.8) is 0 Å². The molecule has 2 heterocycles. The molecule has 0 spiro atoms. The average Bonchev–Trinajstić information content (AvgIpc) is 2.45. The minimum atomic E-state index is -0.747. The number of piperidine rings is 1. The lowest BCUT2D eigenvalue weighted by atomic mass is 9.72. The third-order valence-corrected chi connectivity index (χ3v) is 4.17. The van der Waals surface area contributed by atoms with E-state index in [0.29, 0.717) is 39.1 Å². The molecule has 2 aliphatic heterocycles. The molecule has 6 nitrogen and oxygen atoms in total. The van der Waals surface area contributed by atoms with E-state index in [0.717, 1.165) is 6.42 Å². The van der Waals surface area contributed by atoms with E-state index in [1.54, 1.807) is 11.8 Å². The van der Waals surface area contributed by atoms with Gasteiger partial charge in [0.2, 0.25) is 0 Å². The highest BCUT2D eigenvalue weighted by atomic mass is 16.6. The zero-order chi connectivity index (χ0) is 16.4. The van der Waals surface area contributed by atoms with E-state index in [9.17, 15) is 9.59 Å². The van der Waals surface area contributed by atoms with Crippen molar-refractivity contribution >= 4 is 12.1 Å². The number of amides is 1. The summed E-state index contributed by atoms with van der Waals surface area (Å²) in [4.78, 5) is 26.5. The van der Waals surface area contributed by atoms with Crippen LogP contribution in [0, 0.1) is 5.41 Å². The summed E-state index contributed by atoms with van der Waals surface area (Å²) in [5.41, 5.74) is -1.29. The lowest BCUT2D eigenvalue weighted by Crippen LogP contribution is -2.60. The first-order valence-corrected chi connectivity index (χ1v) is 8.05. The Bertz CT molecular complexity index is 431. The maximum Gasteiger partial charge on any atom is 0.410 e.